The van der Waals surface area contributed by atoms with Crippen molar-refractivity contribution in [1.82, 2.24) is 5.32 Å². The minimum Gasteiger partial charge on any atom is -0.497 e. The minimum atomic E-state index is -0.244. The van der Waals surface area contributed by atoms with E-state index in [9.17, 15) is 4.79 Å². The molecule has 0 radical (unpaired) electrons. The first kappa shape index (κ1) is 17.5. The molecule has 1 fully saturated rings. The minimum absolute atomic E-state index is 0.244. The molecular weight excluding hydrogens is 290 g/mol. The Hall–Kier alpha value is -1.81. The summed E-state index contributed by atoms with van der Waals surface area (Å²) in [6.45, 7) is 2.77. The summed E-state index contributed by atoms with van der Waals surface area (Å²) in [6.07, 6.45) is 8.15. The maximum Gasteiger partial charge on any atom is 0.335 e. The molecule has 2 rings (SSSR count). The van der Waals surface area contributed by atoms with Crippen molar-refractivity contribution in [3.8, 4) is 5.75 Å². The summed E-state index contributed by atoms with van der Waals surface area (Å²) in [5, 5.41) is 3.51. The quantitative estimate of drug-likeness (QED) is 0.617. The lowest BCUT2D eigenvalue weighted by Gasteiger charge is -2.23. The molecule has 0 aromatic heterocycles. The summed E-state index contributed by atoms with van der Waals surface area (Å²) in [6, 6.07) is 8.18. The van der Waals surface area contributed by atoms with Gasteiger partial charge in [0.1, 0.15) is 5.75 Å². The zero-order chi connectivity index (χ0) is 16.5. The molecule has 0 atom stereocenters. The van der Waals surface area contributed by atoms with Gasteiger partial charge in [0.05, 0.1) is 19.3 Å². The number of hydrogen-bond acceptors (Lipinski definition) is 4. The van der Waals surface area contributed by atoms with E-state index in [1.54, 1.807) is 7.11 Å². The topological polar surface area (TPSA) is 47.6 Å². The first-order valence-electron chi connectivity index (χ1n) is 8.48. The van der Waals surface area contributed by atoms with Gasteiger partial charge in [0.25, 0.3) is 0 Å². The van der Waals surface area contributed by atoms with E-state index in [2.05, 4.69) is 5.32 Å². The van der Waals surface area contributed by atoms with Gasteiger partial charge >= 0.3 is 5.97 Å². The third kappa shape index (κ3) is 5.71. The molecule has 0 aliphatic heterocycles. The number of methoxy groups -OCH3 is 1. The van der Waals surface area contributed by atoms with Crippen LogP contribution < -0.4 is 10.1 Å². The molecule has 126 valence electrons. The van der Waals surface area contributed by atoms with Gasteiger partial charge < -0.3 is 14.8 Å². The van der Waals surface area contributed by atoms with E-state index in [-0.39, 0.29) is 5.97 Å². The van der Waals surface area contributed by atoms with Crippen LogP contribution in [-0.4, -0.2) is 32.3 Å². The van der Waals surface area contributed by atoms with Crippen LogP contribution in [0.25, 0.3) is 6.08 Å². The third-order valence-corrected chi connectivity index (χ3v) is 4.18. The lowest BCUT2D eigenvalue weighted by molar-refractivity contribution is -0.138. The van der Waals surface area contributed by atoms with E-state index in [1.165, 1.54) is 32.1 Å². The van der Waals surface area contributed by atoms with Gasteiger partial charge in [-0.2, -0.15) is 0 Å². The molecule has 0 spiro atoms. The van der Waals surface area contributed by atoms with Crippen LogP contribution in [-0.2, 0) is 9.53 Å². The normalized spacial score (nSPS) is 16.2. The first-order valence-corrected chi connectivity index (χ1v) is 8.48. The van der Waals surface area contributed by atoms with E-state index >= 15 is 0 Å². The number of benzene rings is 1. The Balaban J connectivity index is 2.05. The van der Waals surface area contributed by atoms with Crippen LogP contribution >= 0.6 is 0 Å². The van der Waals surface area contributed by atoms with Crippen molar-refractivity contribution in [3.05, 3.63) is 35.4 Å². The van der Waals surface area contributed by atoms with E-state index in [1.807, 2.05) is 37.3 Å². The largest absolute Gasteiger partial charge is 0.497 e. The summed E-state index contributed by atoms with van der Waals surface area (Å²) in [7, 11) is 1.64. The first-order chi connectivity index (χ1) is 11.2. The lowest BCUT2D eigenvalue weighted by atomic mass is 9.95. The lowest BCUT2D eigenvalue weighted by Crippen LogP contribution is -2.34. The Labute approximate surface area is 138 Å². The monoisotopic (exact) mass is 317 g/mol. The van der Waals surface area contributed by atoms with Gasteiger partial charge in [0.15, 0.2) is 0 Å². The highest BCUT2D eigenvalue weighted by molar-refractivity contribution is 5.94. The van der Waals surface area contributed by atoms with E-state index < -0.39 is 0 Å². The molecule has 1 N–H and O–H groups in total. The van der Waals surface area contributed by atoms with Crippen LogP contribution in [0.5, 0.6) is 5.75 Å². The number of carbonyl (C=O) groups is 1. The maximum atomic E-state index is 12.2. The highest BCUT2D eigenvalue weighted by atomic mass is 16.5. The molecule has 0 amide bonds. The van der Waals surface area contributed by atoms with Crippen molar-refractivity contribution in [1.29, 1.82) is 0 Å². The zero-order valence-electron chi connectivity index (χ0n) is 14.1. The van der Waals surface area contributed by atoms with Crippen LogP contribution in [0.4, 0.5) is 0 Å². The maximum absolute atomic E-state index is 12.2. The predicted octanol–water partition coefficient (Wildman–Crippen LogP) is 3.56. The molecule has 1 saturated carbocycles. The standard InChI is InChI=1S/C19H27NO3/c1-3-23-19(21)16(14-20-17-7-5-4-6-8-17)13-15-9-11-18(22-2)12-10-15/h9-13,17,20H,3-8,14H2,1-2H3/b16-13+. The Morgan fingerprint density at radius 1 is 1.22 bits per heavy atom. The summed E-state index contributed by atoms with van der Waals surface area (Å²) in [5.74, 6) is 0.562. The van der Waals surface area contributed by atoms with Gasteiger partial charge in [0, 0.05) is 12.6 Å². The van der Waals surface area contributed by atoms with Crippen molar-refractivity contribution in [2.24, 2.45) is 0 Å². The summed E-state index contributed by atoms with van der Waals surface area (Å²) in [4.78, 5) is 12.2. The molecular formula is C19H27NO3. The Morgan fingerprint density at radius 3 is 2.52 bits per heavy atom. The fraction of sp³-hybridized carbons (Fsp3) is 0.526. The van der Waals surface area contributed by atoms with Gasteiger partial charge in [-0.1, -0.05) is 31.4 Å². The number of nitrogens with one attached hydrogen (secondary N) is 1. The van der Waals surface area contributed by atoms with Crippen molar-refractivity contribution in [2.75, 3.05) is 20.3 Å². The molecule has 4 heteroatoms. The molecule has 23 heavy (non-hydrogen) atoms. The number of hydrogen-bond donors (Lipinski definition) is 1. The fourth-order valence-electron chi connectivity index (χ4n) is 2.87. The molecule has 0 saturated heterocycles. The predicted molar refractivity (Wildman–Crippen MR) is 92.5 cm³/mol. The van der Waals surface area contributed by atoms with Gasteiger partial charge in [0.2, 0.25) is 0 Å². The molecule has 1 aromatic carbocycles. The van der Waals surface area contributed by atoms with Crippen molar-refractivity contribution in [2.45, 2.75) is 45.1 Å². The second-order valence-electron chi connectivity index (χ2n) is 5.88. The fourth-order valence-corrected chi connectivity index (χ4v) is 2.87. The van der Waals surface area contributed by atoms with E-state index in [4.69, 9.17) is 9.47 Å². The summed E-state index contributed by atoms with van der Waals surface area (Å²) < 4.78 is 10.4. The van der Waals surface area contributed by atoms with Gasteiger partial charge in [-0.15, -0.1) is 0 Å². The van der Waals surface area contributed by atoms with E-state index in [0.29, 0.717) is 24.8 Å². The van der Waals surface area contributed by atoms with Crippen molar-refractivity contribution >= 4 is 12.0 Å². The summed E-state index contributed by atoms with van der Waals surface area (Å²) in [5.41, 5.74) is 1.64. The van der Waals surface area contributed by atoms with Crippen LogP contribution in [0, 0.1) is 0 Å². The van der Waals surface area contributed by atoms with Gasteiger partial charge in [-0.25, -0.2) is 4.79 Å². The average molecular weight is 317 g/mol. The molecule has 4 nitrogen and oxygen atoms in total. The highest BCUT2D eigenvalue weighted by Gasteiger charge is 2.16. The van der Waals surface area contributed by atoms with Crippen molar-refractivity contribution < 1.29 is 14.3 Å². The van der Waals surface area contributed by atoms with Gasteiger partial charge in [-0.3, -0.25) is 0 Å². The zero-order valence-corrected chi connectivity index (χ0v) is 14.1. The second kappa shape index (κ2) is 9.36. The number of carbonyl (C=O) groups excluding carboxylic acids is 1. The molecule has 1 aliphatic rings. The van der Waals surface area contributed by atoms with Crippen LogP contribution in [0.15, 0.2) is 29.8 Å². The van der Waals surface area contributed by atoms with Gasteiger partial charge in [-0.05, 0) is 43.5 Å². The Morgan fingerprint density at radius 2 is 1.91 bits per heavy atom. The molecule has 1 aliphatic carbocycles. The van der Waals surface area contributed by atoms with Crippen LogP contribution in [0.2, 0.25) is 0 Å². The number of esters is 1. The molecule has 0 bridgehead atoms. The van der Waals surface area contributed by atoms with E-state index in [0.717, 1.165) is 11.3 Å². The Bertz CT molecular complexity index is 516. The second-order valence-corrected chi connectivity index (χ2v) is 5.88. The molecule has 0 unspecified atom stereocenters. The number of rotatable bonds is 7. The third-order valence-electron chi connectivity index (χ3n) is 4.18. The smallest absolute Gasteiger partial charge is 0.335 e. The number of ether oxygens (including phenoxy) is 2. The molecule has 0 heterocycles. The summed E-state index contributed by atoms with van der Waals surface area (Å²) >= 11 is 0. The highest BCUT2D eigenvalue weighted by Crippen LogP contribution is 2.18. The molecule has 1 aromatic rings. The van der Waals surface area contributed by atoms with Crippen LogP contribution in [0.1, 0.15) is 44.6 Å². The SMILES string of the molecule is CCOC(=O)/C(=C/c1ccc(OC)cc1)CNC1CCCCC1. The van der Waals surface area contributed by atoms with Crippen LogP contribution in [0.3, 0.4) is 0 Å². The van der Waals surface area contributed by atoms with Crippen molar-refractivity contribution in [3.63, 3.8) is 0 Å². The average Bonchev–Trinajstić information content (AvgIpc) is 2.60. The Kier molecular flexibility index (Phi) is 7.14.